The quantitative estimate of drug-likeness (QED) is 0.870. The fraction of sp³-hybridized carbons (Fsp3) is 0.375. The van der Waals surface area contributed by atoms with E-state index in [1.54, 1.807) is 6.26 Å². The molecule has 0 bridgehead atoms. The summed E-state index contributed by atoms with van der Waals surface area (Å²) in [7, 11) is 0. The van der Waals surface area contributed by atoms with Gasteiger partial charge in [0.1, 0.15) is 5.76 Å². The lowest BCUT2D eigenvalue weighted by atomic mass is 9.77. The van der Waals surface area contributed by atoms with Crippen LogP contribution in [0.15, 0.2) is 47.1 Å². The van der Waals surface area contributed by atoms with Crippen molar-refractivity contribution in [2.75, 3.05) is 6.54 Å². The molecule has 1 N–H and O–H groups in total. The van der Waals surface area contributed by atoms with E-state index in [1.807, 2.05) is 12.1 Å². The summed E-state index contributed by atoms with van der Waals surface area (Å²) < 4.78 is 5.37. The maximum absolute atomic E-state index is 5.37. The van der Waals surface area contributed by atoms with Crippen molar-refractivity contribution < 1.29 is 4.42 Å². The second kappa shape index (κ2) is 4.99. The number of rotatable bonds is 5. The van der Waals surface area contributed by atoms with E-state index in [0.29, 0.717) is 12.0 Å². The second-order valence-corrected chi connectivity index (χ2v) is 5.19. The van der Waals surface area contributed by atoms with Gasteiger partial charge in [0.15, 0.2) is 0 Å². The summed E-state index contributed by atoms with van der Waals surface area (Å²) in [6.07, 6.45) is 3.92. The van der Waals surface area contributed by atoms with Gasteiger partial charge < -0.3 is 9.73 Å². The number of nitrogens with one attached hydrogen (secondary N) is 1. The van der Waals surface area contributed by atoms with E-state index in [1.165, 1.54) is 17.5 Å². The van der Waals surface area contributed by atoms with E-state index in [4.69, 9.17) is 4.42 Å². The van der Waals surface area contributed by atoms with Crippen molar-refractivity contribution in [1.29, 1.82) is 0 Å². The van der Waals surface area contributed by atoms with Gasteiger partial charge in [-0.05, 0) is 36.6 Å². The van der Waals surface area contributed by atoms with Crippen LogP contribution >= 0.6 is 0 Å². The van der Waals surface area contributed by atoms with Gasteiger partial charge in [0, 0.05) is 24.9 Å². The van der Waals surface area contributed by atoms with E-state index in [-0.39, 0.29) is 0 Å². The van der Waals surface area contributed by atoms with Crippen molar-refractivity contribution in [3.8, 4) is 0 Å². The molecule has 0 saturated heterocycles. The first-order valence-corrected chi connectivity index (χ1v) is 6.66. The zero-order chi connectivity index (χ0) is 12.4. The molecule has 0 amide bonds. The molecule has 1 aromatic carbocycles. The molecule has 1 aliphatic rings. The number of benzene rings is 1. The first kappa shape index (κ1) is 11.5. The van der Waals surface area contributed by atoms with Crippen LogP contribution in [0.4, 0.5) is 0 Å². The van der Waals surface area contributed by atoms with Crippen molar-refractivity contribution in [2.24, 2.45) is 0 Å². The first-order valence-electron chi connectivity index (χ1n) is 6.66. The van der Waals surface area contributed by atoms with Gasteiger partial charge in [-0.2, -0.15) is 0 Å². The lowest BCUT2D eigenvalue weighted by Crippen LogP contribution is -2.35. The molecule has 94 valence electrons. The summed E-state index contributed by atoms with van der Waals surface area (Å²) in [5, 5.41) is 3.60. The Balaban J connectivity index is 1.48. The molecule has 18 heavy (non-hydrogen) atoms. The minimum atomic E-state index is 0.462. The van der Waals surface area contributed by atoms with Gasteiger partial charge in [-0.25, -0.2) is 0 Å². The van der Waals surface area contributed by atoms with Gasteiger partial charge in [0.2, 0.25) is 0 Å². The van der Waals surface area contributed by atoms with Gasteiger partial charge in [0.05, 0.1) is 6.26 Å². The molecule has 2 aromatic rings. The summed E-state index contributed by atoms with van der Waals surface area (Å²) in [5.41, 5.74) is 3.04. The number of furan rings is 1. The predicted octanol–water partition coefficient (Wildman–Crippen LogP) is 3.14. The van der Waals surface area contributed by atoms with E-state index in [2.05, 4.69) is 36.5 Å². The molecular weight excluding hydrogens is 222 g/mol. The average Bonchev–Trinajstić information content (AvgIpc) is 2.83. The molecule has 1 aromatic heterocycles. The Kier molecular flexibility index (Phi) is 3.20. The normalized spacial score (nSPS) is 19.1. The molecule has 2 nitrogen and oxygen atoms in total. The largest absolute Gasteiger partial charge is 0.469 e. The molecular formula is C16H19NO. The van der Waals surface area contributed by atoms with Crippen molar-refractivity contribution in [1.82, 2.24) is 5.32 Å². The summed E-state index contributed by atoms with van der Waals surface area (Å²) in [6, 6.07) is 13.2. The lowest BCUT2D eigenvalue weighted by Gasteiger charge is -2.31. The Hall–Kier alpha value is -1.54. The number of hydrogen-bond acceptors (Lipinski definition) is 2. The van der Waals surface area contributed by atoms with Crippen LogP contribution in [0, 0.1) is 0 Å². The minimum absolute atomic E-state index is 0.462. The SMILES string of the molecule is CC(Cc1ccco1)NCC1Cc2ccccc21. The summed E-state index contributed by atoms with van der Waals surface area (Å²) >= 11 is 0. The van der Waals surface area contributed by atoms with Crippen LogP contribution in [0.25, 0.3) is 0 Å². The van der Waals surface area contributed by atoms with Crippen LogP contribution in [-0.2, 0) is 12.8 Å². The maximum atomic E-state index is 5.37. The zero-order valence-electron chi connectivity index (χ0n) is 10.7. The van der Waals surface area contributed by atoms with Crippen molar-refractivity contribution >= 4 is 0 Å². The molecule has 3 rings (SSSR count). The number of hydrogen-bond donors (Lipinski definition) is 1. The molecule has 2 unspecified atom stereocenters. The number of fused-ring (bicyclic) bond motifs is 1. The standard InChI is InChI=1S/C16H19NO/c1-12(9-15-6-4-8-18-15)17-11-14-10-13-5-2-3-7-16(13)14/h2-8,12,14,17H,9-11H2,1H3. The van der Waals surface area contributed by atoms with Gasteiger partial charge in [-0.1, -0.05) is 24.3 Å². The Labute approximate surface area is 108 Å². The van der Waals surface area contributed by atoms with Gasteiger partial charge in [0.25, 0.3) is 0 Å². The first-order chi connectivity index (χ1) is 8.83. The molecule has 2 atom stereocenters. The average molecular weight is 241 g/mol. The topological polar surface area (TPSA) is 25.2 Å². The van der Waals surface area contributed by atoms with E-state index < -0.39 is 0 Å². The van der Waals surface area contributed by atoms with E-state index in [9.17, 15) is 0 Å². The molecule has 1 aliphatic carbocycles. The van der Waals surface area contributed by atoms with Crippen LogP contribution in [0.5, 0.6) is 0 Å². The smallest absolute Gasteiger partial charge is 0.105 e. The van der Waals surface area contributed by atoms with Crippen molar-refractivity contribution in [3.63, 3.8) is 0 Å². The second-order valence-electron chi connectivity index (χ2n) is 5.19. The summed E-state index contributed by atoms with van der Waals surface area (Å²) in [6.45, 7) is 3.28. The summed E-state index contributed by atoms with van der Waals surface area (Å²) in [4.78, 5) is 0. The monoisotopic (exact) mass is 241 g/mol. The van der Waals surface area contributed by atoms with E-state index >= 15 is 0 Å². The van der Waals surface area contributed by atoms with Crippen LogP contribution in [0.3, 0.4) is 0 Å². The molecule has 0 aliphatic heterocycles. The van der Waals surface area contributed by atoms with Gasteiger partial charge in [-0.3, -0.25) is 0 Å². The van der Waals surface area contributed by atoms with Crippen LogP contribution in [0.1, 0.15) is 29.7 Å². The fourth-order valence-electron chi connectivity index (χ4n) is 2.69. The van der Waals surface area contributed by atoms with Crippen LogP contribution in [0.2, 0.25) is 0 Å². The van der Waals surface area contributed by atoms with Crippen molar-refractivity contribution in [3.05, 3.63) is 59.5 Å². The molecule has 0 radical (unpaired) electrons. The Morgan fingerprint density at radius 1 is 1.28 bits per heavy atom. The minimum Gasteiger partial charge on any atom is -0.469 e. The Morgan fingerprint density at radius 3 is 2.94 bits per heavy atom. The molecule has 2 heteroatoms. The molecule has 0 spiro atoms. The lowest BCUT2D eigenvalue weighted by molar-refractivity contribution is 0.435. The highest BCUT2D eigenvalue weighted by atomic mass is 16.3. The third kappa shape index (κ3) is 2.34. The van der Waals surface area contributed by atoms with E-state index in [0.717, 1.165) is 18.7 Å². The van der Waals surface area contributed by atoms with Gasteiger partial charge in [-0.15, -0.1) is 0 Å². The third-order valence-corrected chi connectivity index (χ3v) is 3.76. The Morgan fingerprint density at radius 2 is 2.17 bits per heavy atom. The molecule has 1 heterocycles. The van der Waals surface area contributed by atoms with Crippen LogP contribution < -0.4 is 5.32 Å². The van der Waals surface area contributed by atoms with Gasteiger partial charge >= 0.3 is 0 Å². The highest BCUT2D eigenvalue weighted by Gasteiger charge is 2.25. The highest BCUT2D eigenvalue weighted by molar-refractivity contribution is 5.40. The highest BCUT2D eigenvalue weighted by Crippen LogP contribution is 2.34. The zero-order valence-corrected chi connectivity index (χ0v) is 10.7. The molecule has 0 saturated carbocycles. The predicted molar refractivity (Wildman–Crippen MR) is 72.8 cm³/mol. The molecule has 0 fully saturated rings. The Bertz CT molecular complexity index is 504. The summed E-state index contributed by atoms with van der Waals surface area (Å²) in [5.74, 6) is 1.75. The van der Waals surface area contributed by atoms with Crippen molar-refractivity contribution in [2.45, 2.75) is 31.7 Å². The maximum Gasteiger partial charge on any atom is 0.105 e. The van der Waals surface area contributed by atoms with Crippen LogP contribution in [-0.4, -0.2) is 12.6 Å². The third-order valence-electron chi connectivity index (χ3n) is 3.76. The fourth-order valence-corrected chi connectivity index (χ4v) is 2.69.